The van der Waals surface area contributed by atoms with Crippen LogP contribution in [0, 0.1) is 6.92 Å². The molecule has 0 atom stereocenters. The van der Waals surface area contributed by atoms with Crippen molar-refractivity contribution in [3.8, 4) is 5.69 Å². The van der Waals surface area contributed by atoms with Crippen molar-refractivity contribution in [2.24, 2.45) is 0 Å². The molecule has 110 valence electrons. The minimum absolute atomic E-state index is 0.0914. The average Bonchev–Trinajstić information content (AvgIpc) is 2.98. The molecule has 0 N–H and O–H groups in total. The van der Waals surface area contributed by atoms with Crippen LogP contribution in [-0.4, -0.2) is 10.4 Å². The predicted molar refractivity (Wildman–Crippen MR) is 86.2 cm³/mol. The number of nitrogens with zero attached hydrogens (tertiary/aromatic N) is 2. The minimum Gasteiger partial charge on any atom is -0.295 e. The molecular weight excluding hydrogens is 272 g/mol. The second kappa shape index (κ2) is 5.98. The van der Waals surface area contributed by atoms with Crippen LogP contribution in [0.25, 0.3) is 5.69 Å². The quantitative estimate of drug-likeness (QED) is 0.535. The molecule has 3 nitrogen and oxygen atoms in total. The van der Waals surface area contributed by atoms with Gasteiger partial charge < -0.3 is 0 Å². The largest absolute Gasteiger partial charge is 0.295 e. The zero-order valence-electron chi connectivity index (χ0n) is 12.9. The van der Waals surface area contributed by atoms with Crippen LogP contribution < -0.4 is 4.57 Å². The average molecular weight is 291 g/mol. The fourth-order valence-corrected chi connectivity index (χ4v) is 2.49. The number of hydrogen-bond donors (Lipinski definition) is 0. The lowest BCUT2D eigenvalue weighted by molar-refractivity contribution is -0.687. The third kappa shape index (κ3) is 2.98. The predicted octanol–water partition coefficient (Wildman–Crippen LogP) is 3.32. The Morgan fingerprint density at radius 1 is 1.09 bits per heavy atom. The molecule has 3 rings (SSSR count). The maximum Gasteiger partial charge on any atom is 0.249 e. The Bertz CT molecular complexity index is 800. The Morgan fingerprint density at radius 2 is 1.82 bits per heavy atom. The fraction of sp³-hybridized carbons (Fsp3) is 0.158. The van der Waals surface area contributed by atoms with E-state index in [0.29, 0.717) is 0 Å². The summed E-state index contributed by atoms with van der Waals surface area (Å²) in [5, 5.41) is 0. The van der Waals surface area contributed by atoms with Gasteiger partial charge in [0.1, 0.15) is 24.6 Å². The molecule has 0 fully saturated rings. The van der Waals surface area contributed by atoms with Gasteiger partial charge in [-0.1, -0.05) is 24.3 Å². The van der Waals surface area contributed by atoms with Crippen molar-refractivity contribution in [1.29, 1.82) is 0 Å². The number of carbonyl (C=O) groups excluding carboxylic acids is 1. The first-order chi connectivity index (χ1) is 10.6. The topological polar surface area (TPSA) is 25.9 Å². The molecule has 1 heterocycles. The van der Waals surface area contributed by atoms with Crippen LogP contribution in [0.4, 0.5) is 0 Å². The highest BCUT2D eigenvalue weighted by molar-refractivity contribution is 5.94. The Morgan fingerprint density at radius 3 is 2.50 bits per heavy atom. The summed E-state index contributed by atoms with van der Waals surface area (Å²) in [4.78, 5) is 11.3. The molecule has 0 saturated heterocycles. The fourth-order valence-electron chi connectivity index (χ4n) is 2.49. The number of carbonyl (C=O) groups is 1. The van der Waals surface area contributed by atoms with Crippen molar-refractivity contribution in [2.45, 2.75) is 20.4 Å². The number of benzene rings is 2. The molecule has 3 aromatic rings. The molecular formula is C19H19N2O+. The number of aromatic nitrogens is 2. The number of aryl methyl sites for hydroxylation is 1. The van der Waals surface area contributed by atoms with Gasteiger partial charge in [-0.2, -0.15) is 0 Å². The summed E-state index contributed by atoms with van der Waals surface area (Å²) in [6, 6.07) is 16.1. The van der Waals surface area contributed by atoms with E-state index in [4.69, 9.17) is 0 Å². The van der Waals surface area contributed by atoms with E-state index in [1.807, 2.05) is 30.5 Å². The Balaban J connectivity index is 1.81. The van der Waals surface area contributed by atoms with E-state index >= 15 is 0 Å². The smallest absolute Gasteiger partial charge is 0.249 e. The van der Waals surface area contributed by atoms with Gasteiger partial charge >= 0.3 is 0 Å². The summed E-state index contributed by atoms with van der Waals surface area (Å²) in [5.41, 5.74) is 4.41. The lowest BCUT2D eigenvalue weighted by Gasteiger charge is -2.02. The second-order valence-corrected chi connectivity index (χ2v) is 5.52. The van der Waals surface area contributed by atoms with E-state index in [9.17, 15) is 4.79 Å². The molecule has 0 radical (unpaired) electrons. The minimum atomic E-state index is 0.0914. The molecule has 0 spiro atoms. The summed E-state index contributed by atoms with van der Waals surface area (Å²) in [6.45, 7) is 4.57. The number of ketones is 1. The van der Waals surface area contributed by atoms with Crippen LogP contribution in [0.3, 0.4) is 0 Å². The molecule has 0 saturated carbocycles. The van der Waals surface area contributed by atoms with Crippen LogP contribution in [0.15, 0.2) is 67.3 Å². The number of imidazole rings is 1. The highest BCUT2D eigenvalue weighted by Gasteiger charge is 2.09. The summed E-state index contributed by atoms with van der Waals surface area (Å²) in [7, 11) is 0. The highest BCUT2D eigenvalue weighted by Crippen LogP contribution is 2.10. The number of Topliss-reactive ketones (excluding diaryl/α,β-unsaturated/α-hetero) is 1. The normalized spacial score (nSPS) is 10.6. The third-order valence-electron chi connectivity index (χ3n) is 3.88. The molecule has 3 heteroatoms. The molecule has 0 aliphatic rings. The highest BCUT2D eigenvalue weighted by atomic mass is 16.1. The molecule has 0 aliphatic carbocycles. The maximum atomic E-state index is 11.3. The zero-order chi connectivity index (χ0) is 15.5. The van der Waals surface area contributed by atoms with Crippen molar-refractivity contribution < 1.29 is 9.36 Å². The molecule has 2 aromatic carbocycles. The Hall–Kier alpha value is -2.68. The SMILES string of the molecule is CC(=O)c1ccc(-n2cc[n+](Cc3ccccc3C)c2)cc1. The van der Waals surface area contributed by atoms with E-state index in [0.717, 1.165) is 17.8 Å². The molecule has 1 aromatic heterocycles. The van der Waals surface area contributed by atoms with Crippen LogP contribution in [0.5, 0.6) is 0 Å². The monoisotopic (exact) mass is 291 g/mol. The number of hydrogen-bond acceptors (Lipinski definition) is 1. The first-order valence-corrected chi connectivity index (χ1v) is 7.36. The van der Waals surface area contributed by atoms with E-state index in [1.54, 1.807) is 6.92 Å². The van der Waals surface area contributed by atoms with Gasteiger partial charge in [-0.3, -0.25) is 4.79 Å². The number of rotatable bonds is 4. The van der Waals surface area contributed by atoms with E-state index in [1.165, 1.54) is 11.1 Å². The van der Waals surface area contributed by atoms with E-state index in [-0.39, 0.29) is 5.78 Å². The van der Waals surface area contributed by atoms with Gasteiger partial charge in [0.15, 0.2) is 5.78 Å². The van der Waals surface area contributed by atoms with Gasteiger partial charge in [0.25, 0.3) is 0 Å². The Kier molecular flexibility index (Phi) is 3.88. The maximum absolute atomic E-state index is 11.3. The first kappa shape index (κ1) is 14.3. The van der Waals surface area contributed by atoms with Crippen LogP contribution in [0.2, 0.25) is 0 Å². The van der Waals surface area contributed by atoms with E-state index in [2.05, 4.69) is 52.8 Å². The molecule has 0 amide bonds. The molecule has 0 bridgehead atoms. The van der Waals surface area contributed by atoms with Crippen LogP contribution >= 0.6 is 0 Å². The van der Waals surface area contributed by atoms with Crippen LogP contribution in [0.1, 0.15) is 28.4 Å². The van der Waals surface area contributed by atoms with E-state index < -0.39 is 0 Å². The lowest BCUT2D eigenvalue weighted by atomic mass is 10.1. The molecule has 0 aliphatic heterocycles. The van der Waals surface area contributed by atoms with Gasteiger partial charge in [0.2, 0.25) is 6.33 Å². The third-order valence-corrected chi connectivity index (χ3v) is 3.88. The van der Waals surface area contributed by atoms with Gasteiger partial charge in [0.05, 0.1) is 0 Å². The van der Waals surface area contributed by atoms with Crippen molar-refractivity contribution >= 4 is 5.78 Å². The van der Waals surface area contributed by atoms with Gasteiger partial charge in [-0.15, -0.1) is 0 Å². The molecule has 22 heavy (non-hydrogen) atoms. The van der Waals surface area contributed by atoms with Crippen molar-refractivity contribution in [2.75, 3.05) is 0 Å². The van der Waals surface area contributed by atoms with Crippen LogP contribution in [-0.2, 0) is 6.54 Å². The van der Waals surface area contributed by atoms with Gasteiger partial charge in [-0.25, -0.2) is 9.13 Å². The van der Waals surface area contributed by atoms with Gasteiger partial charge in [-0.05, 0) is 49.2 Å². The first-order valence-electron chi connectivity index (χ1n) is 7.36. The zero-order valence-corrected chi connectivity index (χ0v) is 12.9. The molecule has 0 unspecified atom stereocenters. The Labute approximate surface area is 130 Å². The van der Waals surface area contributed by atoms with Crippen molar-refractivity contribution in [1.82, 2.24) is 4.57 Å². The lowest BCUT2D eigenvalue weighted by Crippen LogP contribution is -2.31. The second-order valence-electron chi connectivity index (χ2n) is 5.52. The summed E-state index contributed by atoms with van der Waals surface area (Å²) >= 11 is 0. The summed E-state index contributed by atoms with van der Waals surface area (Å²) in [5.74, 6) is 0.0914. The van der Waals surface area contributed by atoms with Crippen molar-refractivity contribution in [3.05, 3.63) is 83.9 Å². The summed E-state index contributed by atoms with van der Waals surface area (Å²) in [6.07, 6.45) is 6.15. The standard InChI is InChI=1S/C19H19N2O/c1-15-5-3-4-6-18(15)13-20-11-12-21(14-20)19-9-7-17(8-10-19)16(2)22/h3-12,14H,13H2,1-2H3/q+1. The van der Waals surface area contributed by atoms with Crippen molar-refractivity contribution in [3.63, 3.8) is 0 Å². The van der Waals surface area contributed by atoms with Gasteiger partial charge in [0, 0.05) is 5.56 Å². The summed E-state index contributed by atoms with van der Waals surface area (Å²) < 4.78 is 4.21.